The lowest BCUT2D eigenvalue weighted by atomic mass is 10.1. The van der Waals surface area contributed by atoms with Crippen molar-refractivity contribution >= 4 is 11.3 Å². The molecule has 2 aliphatic rings. The Morgan fingerprint density at radius 2 is 2.50 bits per heavy atom. The molecule has 1 saturated heterocycles. The molecule has 0 spiro atoms. The van der Waals surface area contributed by atoms with Gasteiger partial charge in [-0.2, -0.15) is 0 Å². The van der Waals surface area contributed by atoms with Crippen molar-refractivity contribution in [3.8, 4) is 0 Å². The van der Waals surface area contributed by atoms with Crippen molar-refractivity contribution in [1.29, 1.82) is 0 Å². The van der Waals surface area contributed by atoms with E-state index in [1.807, 2.05) is 6.92 Å². The van der Waals surface area contributed by atoms with E-state index in [2.05, 4.69) is 15.3 Å². The van der Waals surface area contributed by atoms with Gasteiger partial charge in [-0.15, -0.1) is 11.3 Å². The second-order valence-corrected chi connectivity index (χ2v) is 6.12. The van der Waals surface area contributed by atoms with E-state index in [0.717, 1.165) is 23.5 Å². The van der Waals surface area contributed by atoms with Gasteiger partial charge in [-0.05, 0) is 32.1 Å². The van der Waals surface area contributed by atoms with Crippen molar-refractivity contribution in [1.82, 2.24) is 9.88 Å². The highest BCUT2D eigenvalue weighted by Crippen LogP contribution is 2.38. The zero-order valence-electron chi connectivity index (χ0n) is 9.72. The Kier molecular flexibility index (Phi) is 2.73. The molecule has 3 atom stereocenters. The summed E-state index contributed by atoms with van der Waals surface area (Å²) in [4.78, 5) is 7.21. The molecule has 0 radical (unpaired) electrons. The van der Waals surface area contributed by atoms with E-state index in [1.165, 1.54) is 31.5 Å². The molecule has 4 heteroatoms. The number of piperidine rings is 1. The zero-order valence-corrected chi connectivity index (χ0v) is 10.5. The first-order valence-corrected chi connectivity index (χ1v) is 7.04. The number of likely N-dealkylation sites (tertiary alicyclic amines) is 1. The number of hydrogen-bond acceptors (Lipinski definition) is 4. The van der Waals surface area contributed by atoms with Gasteiger partial charge in [0.1, 0.15) is 5.01 Å². The second kappa shape index (κ2) is 4.09. The standard InChI is InChI=1S/C12H19N3S/c1-8(13)12-14-10(7-16-12)6-15-5-9-2-3-11(15)4-9/h7-9,11H,2-6,13H2,1H3. The predicted octanol–water partition coefficient (Wildman–Crippen LogP) is 2.15. The van der Waals surface area contributed by atoms with Crippen LogP contribution in [0.1, 0.15) is 42.9 Å². The minimum Gasteiger partial charge on any atom is -0.322 e. The molecule has 16 heavy (non-hydrogen) atoms. The van der Waals surface area contributed by atoms with Crippen molar-refractivity contribution in [2.24, 2.45) is 11.7 Å². The summed E-state index contributed by atoms with van der Waals surface area (Å²) in [5, 5.41) is 3.24. The molecule has 1 aliphatic carbocycles. The summed E-state index contributed by atoms with van der Waals surface area (Å²) in [7, 11) is 0. The van der Waals surface area contributed by atoms with Gasteiger partial charge in [0.2, 0.25) is 0 Å². The molecule has 2 N–H and O–H groups in total. The first kappa shape index (κ1) is 10.7. The largest absolute Gasteiger partial charge is 0.322 e. The van der Waals surface area contributed by atoms with Gasteiger partial charge in [-0.25, -0.2) is 4.98 Å². The van der Waals surface area contributed by atoms with Crippen LogP contribution < -0.4 is 5.73 Å². The number of thiazole rings is 1. The van der Waals surface area contributed by atoms with Crippen molar-refractivity contribution in [2.45, 2.75) is 44.8 Å². The number of nitrogens with two attached hydrogens (primary N) is 1. The molecule has 88 valence electrons. The van der Waals surface area contributed by atoms with Crippen LogP contribution in [0.2, 0.25) is 0 Å². The molecule has 2 bridgehead atoms. The van der Waals surface area contributed by atoms with E-state index in [0.29, 0.717) is 0 Å². The SMILES string of the molecule is CC(N)c1nc(CN2CC3CCC2C3)cs1. The molecule has 3 rings (SSSR count). The quantitative estimate of drug-likeness (QED) is 0.876. The van der Waals surface area contributed by atoms with Crippen molar-refractivity contribution < 1.29 is 0 Å². The molecule has 2 fully saturated rings. The maximum Gasteiger partial charge on any atom is 0.109 e. The maximum atomic E-state index is 5.83. The summed E-state index contributed by atoms with van der Waals surface area (Å²) in [6.07, 6.45) is 4.27. The lowest BCUT2D eigenvalue weighted by Crippen LogP contribution is -2.31. The first-order valence-electron chi connectivity index (χ1n) is 6.16. The Morgan fingerprint density at radius 3 is 3.06 bits per heavy atom. The third-order valence-corrected chi connectivity index (χ3v) is 4.94. The normalized spacial score (nSPS) is 31.1. The third-order valence-electron chi connectivity index (χ3n) is 3.85. The highest BCUT2D eigenvalue weighted by molar-refractivity contribution is 7.09. The Bertz CT molecular complexity index is 374. The average molecular weight is 237 g/mol. The van der Waals surface area contributed by atoms with Gasteiger partial charge in [0.25, 0.3) is 0 Å². The Balaban J connectivity index is 1.65. The molecule has 1 aliphatic heterocycles. The lowest BCUT2D eigenvalue weighted by Gasteiger charge is -2.25. The summed E-state index contributed by atoms with van der Waals surface area (Å²) in [6.45, 7) is 4.32. The zero-order chi connectivity index (χ0) is 11.1. The van der Waals surface area contributed by atoms with Crippen molar-refractivity contribution in [2.75, 3.05) is 6.54 Å². The fourth-order valence-corrected chi connectivity index (χ4v) is 3.80. The lowest BCUT2D eigenvalue weighted by molar-refractivity contribution is 0.203. The molecule has 1 aromatic heterocycles. The fourth-order valence-electron chi connectivity index (χ4n) is 3.03. The predicted molar refractivity (Wildman–Crippen MR) is 66.3 cm³/mol. The summed E-state index contributed by atoms with van der Waals surface area (Å²) >= 11 is 1.70. The topological polar surface area (TPSA) is 42.1 Å². The number of rotatable bonds is 3. The number of nitrogens with zero attached hydrogens (tertiary/aromatic N) is 2. The highest BCUT2D eigenvalue weighted by Gasteiger charge is 2.37. The Hall–Kier alpha value is -0.450. The van der Waals surface area contributed by atoms with E-state index < -0.39 is 0 Å². The Morgan fingerprint density at radius 1 is 1.62 bits per heavy atom. The average Bonchev–Trinajstić information content (AvgIpc) is 2.91. The smallest absolute Gasteiger partial charge is 0.109 e. The molecule has 3 nitrogen and oxygen atoms in total. The van der Waals surface area contributed by atoms with Crippen molar-refractivity contribution in [3.05, 3.63) is 16.1 Å². The van der Waals surface area contributed by atoms with Crippen LogP contribution in [0, 0.1) is 5.92 Å². The van der Waals surface area contributed by atoms with Crippen LogP contribution in [-0.4, -0.2) is 22.5 Å². The fraction of sp³-hybridized carbons (Fsp3) is 0.750. The molecular weight excluding hydrogens is 218 g/mol. The third kappa shape index (κ3) is 1.90. The van der Waals surface area contributed by atoms with Gasteiger partial charge in [-0.3, -0.25) is 4.90 Å². The van der Waals surface area contributed by atoms with Gasteiger partial charge in [0, 0.05) is 24.5 Å². The minimum atomic E-state index is 0.0776. The first-order chi connectivity index (χ1) is 7.72. The van der Waals surface area contributed by atoms with Crippen LogP contribution in [-0.2, 0) is 6.54 Å². The molecule has 0 amide bonds. The van der Waals surface area contributed by atoms with E-state index in [1.54, 1.807) is 11.3 Å². The second-order valence-electron chi connectivity index (χ2n) is 5.23. The summed E-state index contributed by atoms with van der Waals surface area (Å²) in [5.74, 6) is 0.969. The van der Waals surface area contributed by atoms with Gasteiger partial charge in [0.15, 0.2) is 0 Å². The molecule has 3 unspecified atom stereocenters. The van der Waals surface area contributed by atoms with Gasteiger partial charge < -0.3 is 5.73 Å². The summed E-state index contributed by atoms with van der Waals surface area (Å²) < 4.78 is 0. The maximum absolute atomic E-state index is 5.83. The molecule has 0 aromatic carbocycles. The van der Waals surface area contributed by atoms with E-state index in [4.69, 9.17) is 5.73 Å². The number of aromatic nitrogens is 1. The van der Waals surface area contributed by atoms with E-state index in [9.17, 15) is 0 Å². The van der Waals surface area contributed by atoms with Gasteiger partial charge in [-0.1, -0.05) is 0 Å². The minimum absolute atomic E-state index is 0.0776. The van der Waals surface area contributed by atoms with Crippen LogP contribution in [0.3, 0.4) is 0 Å². The summed E-state index contributed by atoms with van der Waals surface area (Å²) in [6, 6.07) is 0.916. The number of hydrogen-bond donors (Lipinski definition) is 1. The van der Waals surface area contributed by atoms with Crippen LogP contribution in [0.4, 0.5) is 0 Å². The van der Waals surface area contributed by atoms with Crippen LogP contribution >= 0.6 is 11.3 Å². The van der Waals surface area contributed by atoms with Gasteiger partial charge >= 0.3 is 0 Å². The van der Waals surface area contributed by atoms with Crippen LogP contribution in [0.15, 0.2) is 5.38 Å². The molecular formula is C12H19N3S. The monoisotopic (exact) mass is 237 g/mol. The molecule has 2 heterocycles. The van der Waals surface area contributed by atoms with Crippen LogP contribution in [0.25, 0.3) is 0 Å². The van der Waals surface area contributed by atoms with E-state index in [-0.39, 0.29) is 6.04 Å². The highest BCUT2D eigenvalue weighted by atomic mass is 32.1. The van der Waals surface area contributed by atoms with Gasteiger partial charge in [0.05, 0.1) is 11.7 Å². The Labute approximate surface area is 101 Å². The number of fused-ring (bicyclic) bond motifs is 2. The van der Waals surface area contributed by atoms with Crippen molar-refractivity contribution in [3.63, 3.8) is 0 Å². The molecule has 1 saturated carbocycles. The van der Waals surface area contributed by atoms with Crippen LogP contribution in [0.5, 0.6) is 0 Å². The summed E-state index contributed by atoms with van der Waals surface area (Å²) in [5.41, 5.74) is 7.04. The van der Waals surface area contributed by atoms with E-state index >= 15 is 0 Å². The molecule has 1 aromatic rings.